The fraction of sp³-hybridized carbons (Fsp3) is 0.455. The van der Waals surface area contributed by atoms with Gasteiger partial charge in [0, 0.05) is 56.2 Å². The van der Waals surface area contributed by atoms with E-state index in [2.05, 4.69) is 15.1 Å². The smallest absolute Gasteiger partial charge is 0.417 e. The van der Waals surface area contributed by atoms with Gasteiger partial charge in [-0.05, 0) is 111 Å². The Labute approximate surface area is 347 Å². The molecular formula is C44H47F3N6O5S. The first-order chi connectivity index (χ1) is 28.0. The van der Waals surface area contributed by atoms with E-state index >= 15 is 0 Å². The summed E-state index contributed by atoms with van der Waals surface area (Å²) < 4.78 is 47.7. The number of thiocarbonyl (C=S) groups is 1. The van der Waals surface area contributed by atoms with Crippen LogP contribution in [0.25, 0.3) is 0 Å². The maximum atomic E-state index is 13.8. The highest BCUT2D eigenvalue weighted by Crippen LogP contribution is 2.44. The van der Waals surface area contributed by atoms with Crippen LogP contribution in [0.3, 0.4) is 0 Å². The Morgan fingerprint density at radius 1 is 1.02 bits per heavy atom. The number of rotatable bonds is 13. The molecule has 3 amide bonds. The van der Waals surface area contributed by atoms with Gasteiger partial charge in [0.15, 0.2) is 10.9 Å². The summed E-state index contributed by atoms with van der Waals surface area (Å²) in [6, 6.07) is 18.1. The molecule has 1 N–H and O–H groups in total. The number of Topliss-reactive ketones (excluding diaryl/α,β-unsaturated/α-hetero) is 1. The molecule has 3 aromatic rings. The van der Waals surface area contributed by atoms with Crippen LogP contribution in [0.1, 0.15) is 74.3 Å². The minimum atomic E-state index is -4.79. The summed E-state index contributed by atoms with van der Waals surface area (Å²) in [6.45, 7) is 9.27. The number of nitrogens with one attached hydrogen (secondary N) is 1. The van der Waals surface area contributed by atoms with Crippen molar-refractivity contribution in [2.75, 3.05) is 49.1 Å². The molecule has 15 heteroatoms. The first-order valence-electron chi connectivity index (χ1n) is 20.0. The van der Waals surface area contributed by atoms with Gasteiger partial charge in [-0.25, -0.2) is 0 Å². The van der Waals surface area contributed by atoms with Crippen molar-refractivity contribution in [3.8, 4) is 11.8 Å². The van der Waals surface area contributed by atoms with Gasteiger partial charge in [0.05, 0.1) is 29.4 Å². The summed E-state index contributed by atoms with van der Waals surface area (Å²) in [5, 5.41) is 11.7. The van der Waals surface area contributed by atoms with Crippen molar-refractivity contribution in [2.45, 2.75) is 83.0 Å². The van der Waals surface area contributed by atoms with E-state index in [-0.39, 0.29) is 39.9 Å². The molecule has 1 atom stereocenters. The first kappa shape index (κ1) is 42.0. The second-order valence-corrected chi connectivity index (χ2v) is 16.8. The first-order valence-corrected chi connectivity index (χ1v) is 20.4. The molecule has 59 heavy (non-hydrogen) atoms. The molecule has 0 radical (unpaired) electrons. The van der Waals surface area contributed by atoms with Crippen molar-refractivity contribution in [3.05, 3.63) is 88.5 Å². The molecule has 3 heterocycles. The van der Waals surface area contributed by atoms with Crippen molar-refractivity contribution in [3.63, 3.8) is 0 Å². The second kappa shape index (κ2) is 16.5. The number of ether oxygens (including phenoxy) is 1. The number of aryl methyl sites for hydroxylation is 1. The van der Waals surface area contributed by atoms with Crippen molar-refractivity contribution in [1.82, 2.24) is 15.1 Å². The van der Waals surface area contributed by atoms with Gasteiger partial charge < -0.3 is 9.64 Å². The third-order valence-electron chi connectivity index (χ3n) is 12.0. The lowest BCUT2D eigenvalue weighted by atomic mass is 9.90. The number of ketones is 1. The standard InChI is InChI=1S/C44H47F3N6O5S/c1-4-30-23-34(53-41(59)52(40(57)42(53,2)3)33-10-8-32(25-48)36(24-33)44(45,46)47)11-12-37(30)58-19-18-50-16-17-51(43(27-50)14-15-43)26-35(54)22-29-7-5-6-28(20-29)21-31-9-13-38(55)49-39(31)56/h5-8,10-12,20,23-24,31H,4,9,13-19,21-22,26-27H2,1-3H3,(H,49,55,56). The normalized spacial score (nSPS) is 20.5. The monoisotopic (exact) mass is 828 g/mol. The number of piperidine rings is 1. The van der Waals surface area contributed by atoms with E-state index < -0.39 is 28.7 Å². The zero-order valence-corrected chi connectivity index (χ0v) is 34.2. The maximum absolute atomic E-state index is 13.8. The van der Waals surface area contributed by atoms with Gasteiger partial charge in [-0.1, -0.05) is 31.2 Å². The van der Waals surface area contributed by atoms with E-state index in [0.717, 1.165) is 66.2 Å². The Hall–Kier alpha value is -5.17. The van der Waals surface area contributed by atoms with Crippen LogP contribution in [0, 0.1) is 17.2 Å². The van der Waals surface area contributed by atoms with Crippen LogP contribution in [0.2, 0.25) is 0 Å². The van der Waals surface area contributed by atoms with Gasteiger partial charge in [-0.2, -0.15) is 18.4 Å². The molecule has 1 saturated carbocycles. The molecule has 3 aromatic carbocycles. The fourth-order valence-electron chi connectivity index (χ4n) is 8.60. The third kappa shape index (κ3) is 8.76. The molecule has 310 valence electrons. The number of amides is 3. The predicted octanol–water partition coefficient (Wildman–Crippen LogP) is 5.99. The highest BCUT2D eigenvalue weighted by molar-refractivity contribution is 7.81. The SMILES string of the molecule is CCc1cc(N2C(=S)N(c3ccc(C#N)c(C(F)(F)F)c3)C(=O)C2(C)C)ccc1OCCN1CCN(CC(=O)Cc2cccc(CC3CCC(=O)NC3=O)c2)C2(CC2)C1. The summed E-state index contributed by atoms with van der Waals surface area (Å²) in [6.07, 6.45) is -0.376. The number of carbonyl (C=O) groups is 4. The van der Waals surface area contributed by atoms with Crippen LogP contribution in [-0.2, 0) is 44.6 Å². The maximum Gasteiger partial charge on any atom is 0.417 e. The number of piperazine rings is 1. The molecule has 0 aromatic heterocycles. The molecule has 1 unspecified atom stereocenters. The van der Waals surface area contributed by atoms with Crippen LogP contribution in [0.5, 0.6) is 5.75 Å². The van der Waals surface area contributed by atoms with Crippen LogP contribution < -0.4 is 19.9 Å². The fourth-order valence-corrected chi connectivity index (χ4v) is 9.12. The number of halogens is 3. The number of imide groups is 1. The number of alkyl halides is 3. The molecule has 11 nitrogen and oxygen atoms in total. The number of nitriles is 1. The Morgan fingerprint density at radius 2 is 1.76 bits per heavy atom. The minimum Gasteiger partial charge on any atom is -0.492 e. The van der Waals surface area contributed by atoms with E-state index in [1.165, 1.54) is 6.07 Å². The number of carbonyl (C=O) groups excluding carboxylic acids is 4. The van der Waals surface area contributed by atoms with E-state index in [1.807, 2.05) is 43.3 Å². The quantitative estimate of drug-likeness (QED) is 0.162. The summed E-state index contributed by atoms with van der Waals surface area (Å²) in [5.41, 5.74) is 0.418. The van der Waals surface area contributed by atoms with Crippen LogP contribution >= 0.6 is 12.2 Å². The Balaban J connectivity index is 0.931. The van der Waals surface area contributed by atoms with Crippen molar-refractivity contribution >= 4 is 52.2 Å². The third-order valence-corrected chi connectivity index (χ3v) is 12.4. The van der Waals surface area contributed by atoms with Gasteiger partial charge in [-0.3, -0.25) is 39.2 Å². The van der Waals surface area contributed by atoms with Crippen LogP contribution in [-0.4, -0.2) is 88.8 Å². The Morgan fingerprint density at radius 3 is 2.46 bits per heavy atom. The summed E-state index contributed by atoms with van der Waals surface area (Å²) >= 11 is 5.73. The van der Waals surface area contributed by atoms with E-state index in [4.69, 9.17) is 17.0 Å². The predicted molar refractivity (Wildman–Crippen MR) is 219 cm³/mol. The molecule has 4 fully saturated rings. The number of hydrogen-bond acceptors (Lipinski definition) is 9. The lowest BCUT2D eigenvalue weighted by molar-refractivity contribution is -0.138. The minimum absolute atomic E-state index is 0.0178. The van der Waals surface area contributed by atoms with Crippen LogP contribution in [0.15, 0.2) is 60.7 Å². The second-order valence-electron chi connectivity index (χ2n) is 16.5. The Bertz CT molecular complexity index is 2230. The van der Waals surface area contributed by atoms with E-state index in [1.54, 1.807) is 30.9 Å². The molecule has 3 saturated heterocycles. The highest BCUT2D eigenvalue weighted by atomic mass is 32.1. The van der Waals surface area contributed by atoms with Gasteiger partial charge in [-0.15, -0.1) is 0 Å². The molecule has 4 aliphatic rings. The van der Waals surface area contributed by atoms with Gasteiger partial charge in [0.2, 0.25) is 11.8 Å². The van der Waals surface area contributed by atoms with Gasteiger partial charge >= 0.3 is 6.18 Å². The summed E-state index contributed by atoms with van der Waals surface area (Å²) in [4.78, 5) is 58.3. The lowest BCUT2D eigenvalue weighted by Gasteiger charge is -2.42. The van der Waals surface area contributed by atoms with Gasteiger partial charge in [0.1, 0.15) is 17.9 Å². The number of nitrogens with zero attached hydrogens (tertiary/aromatic N) is 5. The number of benzene rings is 3. The zero-order valence-electron chi connectivity index (χ0n) is 33.4. The molecular weight excluding hydrogens is 782 g/mol. The molecule has 0 bridgehead atoms. The topological polar surface area (TPSA) is 126 Å². The van der Waals surface area contributed by atoms with Crippen LogP contribution in [0.4, 0.5) is 24.5 Å². The highest BCUT2D eigenvalue weighted by Gasteiger charge is 2.52. The van der Waals surface area contributed by atoms with Crippen molar-refractivity contribution in [1.29, 1.82) is 5.26 Å². The average Bonchev–Trinajstić information content (AvgIpc) is 3.93. The molecule has 1 aliphatic carbocycles. The zero-order chi connectivity index (χ0) is 42.3. The summed E-state index contributed by atoms with van der Waals surface area (Å²) in [5.74, 6) is -0.355. The van der Waals surface area contributed by atoms with Crippen molar-refractivity contribution in [2.24, 2.45) is 5.92 Å². The number of hydrogen-bond donors (Lipinski definition) is 1. The average molecular weight is 829 g/mol. The van der Waals surface area contributed by atoms with E-state index in [9.17, 15) is 37.6 Å². The molecule has 3 aliphatic heterocycles. The summed E-state index contributed by atoms with van der Waals surface area (Å²) in [7, 11) is 0. The molecule has 1 spiro atoms. The lowest BCUT2D eigenvalue weighted by Crippen LogP contribution is -2.56. The van der Waals surface area contributed by atoms with Gasteiger partial charge in [0.25, 0.3) is 5.91 Å². The molecule has 7 rings (SSSR count). The van der Waals surface area contributed by atoms with Crippen molar-refractivity contribution < 1.29 is 37.1 Å². The Kier molecular flexibility index (Phi) is 11.7. The largest absolute Gasteiger partial charge is 0.492 e. The van der Waals surface area contributed by atoms with E-state index in [0.29, 0.717) is 63.2 Å². The number of anilines is 2.